The zero-order valence-electron chi connectivity index (χ0n) is 15.6. The number of nitrogens with zero attached hydrogens (tertiary/aromatic N) is 2. The molecule has 6 heteroatoms. The fourth-order valence-electron chi connectivity index (χ4n) is 3.27. The summed E-state index contributed by atoms with van der Waals surface area (Å²) in [4.78, 5) is 29.1. The van der Waals surface area contributed by atoms with Gasteiger partial charge in [0.1, 0.15) is 0 Å². The summed E-state index contributed by atoms with van der Waals surface area (Å²) in [6.45, 7) is 12.5. The third-order valence-corrected chi connectivity index (χ3v) is 5.47. The Hall–Kier alpha value is -1.14. The van der Waals surface area contributed by atoms with E-state index in [4.69, 9.17) is 4.74 Å². The molecular weight excluding hydrogens is 306 g/mol. The third kappa shape index (κ3) is 4.93. The van der Waals surface area contributed by atoms with Crippen molar-refractivity contribution in [3.05, 3.63) is 0 Å². The number of likely N-dealkylation sites (tertiary alicyclic amines) is 1. The Morgan fingerprint density at radius 2 is 1.75 bits per heavy atom. The second kappa shape index (κ2) is 8.30. The van der Waals surface area contributed by atoms with Gasteiger partial charge in [0.25, 0.3) is 0 Å². The van der Waals surface area contributed by atoms with E-state index in [1.54, 1.807) is 0 Å². The molecular formula is C18H33N3O3. The van der Waals surface area contributed by atoms with Crippen LogP contribution in [0, 0.1) is 5.92 Å². The van der Waals surface area contributed by atoms with Gasteiger partial charge in [0, 0.05) is 24.5 Å². The number of hydrogen-bond acceptors (Lipinski definition) is 4. The number of nitrogens with one attached hydrogen (secondary N) is 1. The number of hydrogen-bond donors (Lipinski definition) is 1. The zero-order chi connectivity index (χ0) is 17.7. The maximum Gasteiger partial charge on any atom is 0.237 e. The van der Waals surface area contributed by atoms with Gasteiger partial charge in [-0.05, 0) is 53.1 Å². The van der Waals surface area contributed by atoms with Crippen LogP contribution in [0.15, 0.2) is 0 Å². The van der Waals surface area contributed by atoms with E-state index >= 15 is 0 Å². The highest BCUT2D eigenvalue weighted by Crippen LogP contribution is 2.22. The van der Waals surface area contributed by atoms with Gasteiger partial charge in [0.05, 0.1) is 19.3 Å². The summed E-state index contributed by atoms with van der Waals surface area (Å²) in [5.41, 5.74) is -0.171. The highest BCUT2D eigenvalue weighted by molar-refractivity contribution is 5.82. The van der Waals surface area contributed by atoms with Crippen molar-refractivity contribution in [2.45, 2.75) is 58.5 Å². The molecule has 0 bridgehead atoms. The van der Waals surface area contributed by atoms with Crippen LogP contribution in [0.2, 0.25) is 0 Å². The number of carbonyl (C=O) groups excluding carboxylic acids is 2. The molecule has 1 unspecified atom stereocenters. The number of ether oxygens (including phenoxy) is 1. The first-order chi connectivity index (χ1) is 11.3. The number of morpholine rings is 1. The number of piperidine rings is 1. The van der Waals surface area contributed by atoms with E-state index in [0.717, 1.165) is 32.4 Å². The van der Waals surface area contributed by atoms with Crippen molar-refractivity contribution in [1.29, 1.82) is 0 Å². The Balaban J connectivity index is 1.81. The number of rotatable bonds is 5. The van der Waals surface area contributed by atoms with E-state index in [1.807, 2.05) is 25.7 Å². The SMILES string of the molecule is CCC(C)(C)NC(=O)C(C)N1CCC(C(=O)N2CCOCC2)CC1. The largest absolute Gasteiger partial charge is 0.378 e. The van der Waals surface area contributed by atoms with Crippen LogP contribution in [0.1, 0.15) is 47.0 Å². The maximum absolute atomic E-state index is 12.6. The van der Waals surface area contributed by atoms with Crippen molar-refractivity contribution in [3.63, 3.8) is 0 Å². The van der Waals surface area contributed by atoms with Gasteiger partial charge < -0.3 is 15.0 Å². The lowest BCUT2D eigenvalue weighted by Gasteiger charge is -2.38. The monoisotopic (exact) mass is 339 g/mol. The van der Waals surface area contributed by atoms with E-state index in [1.165, 1.54) is 0 Å². The molecule has 0 aromatic heterocycles. The lowest BCUT2D eigenvalue weighted by atomic mass is 9.94. The normalized spacial score (nSPS) is 22.2. The Morgan fingerprint density at radius 3 is 2.29 bits per heavy atom. The molecule has 2 heterocycles. The summed E-state index contributed by atoms with van der Waals surface area (Å²) in [7, 11) is 0. The Labute approximate surface area is 145 Å². The predicted molar refractivity (Wildman–Crippen MR) is 93.7 cm³/mol. The summed E-state index contributed by atoms with van der Waals surface area (Å²) in [6.07, 6.45) is 2.58. The zero-order valence-corrected chi connectivity index (χ0v) is 15.6. The summed E-state index contributed by atoms with van der Waals surface area (Å²) in [5, 5.41) is 3.12. The summed E-state index contributed by atoms with van der Waals surface area (Å²) < 4.78 is 5.31. The summed E-state index contributed by atoms with van der Waals surface area (Å²) in [5.74, 6) is 0.448. The van der Waals surface area contributed by atoms with Gasteiger partial charge in [-0.1, -0.05) is 6.92 Å². The first-order valence-electron chi connectivity index (χ1n) is 9.26. The standard InChI is InChI=1S/C18H33N3O3/c1-5-18(3,4)19-16(22)14(2)20-8-6-15(7-9-20)17(23)21-10-12-24-13-11-21/h14-15H,5-13H2,1-4H3,(H,19,22). The predicted octanol–water partition coefficient (Wildman–Crippen LogP) is 1.25. The van der Waals surface area contributed by atoms with Gasteiger partial charge in [-0.25, -0.2) is 0 Å². The quantitative estimate of drug-likeness (QED) is 0.819. The molecule has 2 fully saturated rings. The Morgan fingerprint density at radius 1 is 1.17 bits per heavy atom. The molecule has 2 rings (SSSR count). The second-order valence-electron chi connectivity index (χ2n) is 7.65. The number of carbonyl (C=O) groups is 2. The van der Waals surface area contributed by atoms with Gasteiger partial charge in [-0.15, -0.1) is 0 Å². The van der Waals surface area contributed by atoms with Gasteiger partial charge in [0.15, 0.2) is 0 Å². The minimum absolute atomic E-state index is 0.0832. The molecule has 0 aromatic carbocycles. The molecule has 0 spiro atoms. The van der Waals surface area contributed by atoms with Gasteiger partial charge in [-0.3, -0.25) is 14.5 Å². The molecule has 0 aliphatic carbocycles. The minimum atomic E-state index is -0.171. The van der Waals surface area contributed by atoms with E-state index in [0.29, 0.717) is 26.3 Å². The van der Waals surface area contributed by atoms with Crippen molar-refractivity contribution < 1.29 is 14.3 Å². The molecule has 1 atom stereocenters. The molecule has 6 nitrogen and oxygen atoms in total. The average Bonchev–Trinajstić information content (AvgIpc) is 2.61. The van der Waals surface area contributed by atoms with Crippen molar-refractivity contribution in [3.8, 4) is 0 Å². The van der Waals surface area contributed by atoms with E-state index in [9.17, 15) is 9.59 Å². The van der Waals surface area contributed by atoms with Crippen LogP contribution >= 0.6 is 0 Å². The smallest absolute Gasteiger partial charge is 0.237 e. The van der Waals surface area contributed by atoms with Crippen molar-refractivity contribution in [2.75, 3.05) is 39.4 Å². The molecule has 1 N–H and O–H groups in total. The van der Waals surface area contributed by atoms with Crippen molar-refractivity contribution in [1.82, 2.24) is 15.1 Å². The van der Waals surface area contributed by atoms with Crippen molar-refractivity contribution >= 4 is 11.8 Å². The van der Waals surface area contributed by atoms with Crippen molar-refractivity contribution in [2.24, 2.45) is 5.92 Å². The maximum atomic E-state index is 12.6. The lowest BCUT2D eigenvalue weighted by molar-refractivity contribution is -0.141. The van der Waals surface area contributed by atoms with Crippen LogP contribution in [0.25, 0.3) is 0 Å². The molecule has 0 saturated carbocycles. The first-order valence-corrected chi connectivity index (χ1v) is 9.26. The molecule has 2 aliphatic rings. The first kappa shape index (κ1) is 19.2. The fraction of sp³-hybridized carbons (Fsp3) is 0.889. The van der Waals surface area contributed by atoms with Crippen LogP contribution < -0.4 is 5.32 Å². The van der Waals surface area contributed by atoms with Gasteiger partial charge in [0.2, 0.25) is 11.8 Å². The summed E-state index contributed by atoms with van der Waals surface area (Å²) >= 11 is 0. The molecule has 138 valence electrons. The third-order valence-electron chi connectivity index (χ3n) is 5.47. The van der Waals surface area contributed by atoms with Crippen LogP contribution in [0.3, 0.4) is 0 Å². The Bertz CT molecular complexity index is 439. The minimum Gasteiger partial charge on any atom is -0.378 e. The average molecular weight is 339 g/mol. The lowest BCUT2D eigenvalue weighted by Crippen LogP contribution is -2.54. The van der Waals surface area contributed by atoms with E-state index in [2.05, 4.69) is 17.1 Å². The van der Waals surface area contributed by atoms with Gasteiger partial charge >= 0.3 is 0 Å². The van der Waals surface area contributed by atoms with Crippen LogP contribution in [-0.4, -0.2) is 72.6 Å². The van der Waals surface area contributed by atoms with Gasteiger partial charge in [-0.2, -0.15) is 0 Å². The van der Waals surface area contributed by atoms with Crippen LogP contribution in [0.4, 0.5) is 0 Å². The highest BCUT2D eigenvalue weighted by Gasteiger charge is 2.33. The van der Waals surface area contributed by atoms with E-state index in [-0.39, 0.29) is 29.3 Å². The topological polar surface area (TPSA) is 61.9 Å². The number of amides is 2. The molecule has 2 saturated heterocycles. The Kier molecular flexibility index (Phi) is 6.63. The molecule has 24 heavy (non-hydrogen) atoms. The second-order valence-corrected chi connectivity index (χ2v) is 7.65. The molecule has 0 radical (unpaired) electrons. The van der Waals surface area contributed by atoms with Crippen LogP contribution in [0.5, 0.6) is 0 Å². The molecule has 2 amide bonds. The van der Waals surface area contributed by atoms with Crippen LogP contribution in [-0.2, 0) is 14.3 Å². The molecule has 2 aliphatic heterocycles. The fourth-order valence-corrected chi connectivity index (χ4v) is 3.27. The molecule has 0 aromatic rings. The summed E-state index contributed by atoms with van der Waals surface area (Å²) in [6, 6.07) is -0.143. The van der Waals surface area contributed by atoms with E-state index < -0.39 is 0 Å². The highest BCUT2D eigenvalue weighted by atomic mass is 16.5.